The van der Waals surface area contributed by atoms with E-state index in [9.17, 15) is 4.79 Å². The van der Waals surface area contributed by atoms with E-state index in [1.165, 1.54) is 16.7 Å². The Kier molecular flexibility index (Phi) is 5.62. The van der Waals surface area contributed by atoms with Crippen LogP contribution in [0.15, 0.2) is 42.5 Å². The molecule has 2 rings (SSSR count). The second kappa shape index (κ2) is 7.67. The maximum Gasteiger partial charge on any atom is 0.234 e. The minimum absolute atomic E-state index is 0.0278. The lowest BCUT2D eigenvalue weighted by Crippen LogP contribution is -2.14. The first-order valence-corrected chi connectivity index (χ1v) is 8.18. The Morgan fingerprint density at radius 1 is 1.18 bits per heavy atom. The molecule has 0 saturated heterocycles. The molecule has 0 aliphatic carbocycles. The van der Waals surface area contributed by atoms with E-state index in [2.05, 4.69) is 43.4 Å². The predicted molar refractivity (Wildman–Crippen MR) is 91.9 cm³/mol. The van der Waals surface area contributed by atoms with E-state index in [-0.39, 0.29) is 5.91 Å². The molecule has 2 aromatic carbocycles. The van der Waals surface area contributed by atoms with E-state index in [0.29, 0.717) is 11.3 Å². The molecule has 0 spiro atoms. The summed E-state index contributed by atoms with van der Waals surface area (Å²) in [5, 5.41) is 11.6. The Labute approximate surface area is 135 Å². The normalized spacial score (nSPS) is 10.0. The van der Waals surface area contributed by atoms with Crippen LogP contribution >= 0.6 is 11.8 Å². The molecule has 0 aliphatic rings. The number of thioether (sulfide) groups is 1. The highest BCUT2D eigenvalue weighted by Gasteiger charge is 2.05. The number of hydrogen-bond acceptors (Lipinski definition) is 3. The number of aryl methyl sites for hydroxylation is 2. The number of nitrogens with zero attached hydrogens (tertiary/aromatic N) is 1. The van der Waals surface area contributed by atoms with E-state index in [1.807, 2.05) is 0 Å². The number of hydrogen-bond donors (Lipinski definition) is 1. The third-order valence-corrected chi connectivity index (χ3v) is 4.27. The molecule has 0 bridgehead atoms. The Hall–Kier alpha value is -2.25. The first-order valence-electron chi connectivity index (χ1n) is 7.02. The van der Waals surface area contributed by atoms with Crippen molar-refractivity contribution in [2.24, 2.45) is 0 Å². The molecular weight excluding hydrogens is 292 g/mol. The number of benzene rings is 2. The van der Waals surface area contributed by atoms with Crippen LogP contribution in [0.25, 0.3) is 0 Å². The van der Waals surface area contributed by atoms with E-state index < -0.39 is 0 Å². The number of nitriles is 1. The Morgan fingerprint density at radius 2 is 1.91 bits per heavy atom. The van der Waals surface area contributed by atoms with Crippen LogP contribution in [0.5, 0.6) is 0 Å². The molecule has 3 nitrogen and oxygen atoms in total. The van der Waals surface area contributed by atoms with Gasteiger partial charge >= 0.3 is 0 Å². The van der Waals surface area contributed by atoms with Crippen LogP contribution in [0.4, 0.5) is 5.69 Å². The fourth-order valence-corrected chi connectivity index (χ4v) is 2.93. The van der Waals surface area contributed by atoms with E-state index >= 15 is 0 Å². The standard InChI is InChI=1S/C18H18N2OS/c1-13-3-4-14(2)16(9-13)11-22-12-18(21)20-17-7-5-15(10-19)6-8-17/h3-9H,11-12H2,1-2H3,(H,20,21). The van der Waals surface area contributed by atoms with Gasteiger partial charge in [-0.2, -0.15) is 5.26 Å². The lowest BCUT2D eigenvalue weighted by Gasteiger charge is -2.08. The monoisotopic (exact) mass is 310 g/mol. The second-order valence-electron chi connectivity index (χ2n) is 5.16. The van der Waals surface area contributed by atoms with Crippen molar-refractivity contribution in [2.45, 2.75) is 19.6 Å². The summed E-state index contributed by atoms with van der Waals surface area (Å²) >= 11 is 1.60. The third-order valence-electron chi connectivity index (χ3n) is 3.29. The van der Waals surface area contributed by atoms with Gasteiger partial charge in [-0.1, -0.05) is 23.8 Å². The van der Waals surface area contributed by atoms with Crippen LogP contribution in [-0.2, 0) is 10.5 Å². The van der Waals surface area contributed by atoms with Gasteiger partial charge in [0.1, 0.15) is 0 Å². The molecule has 1 N–H and O–H groups in total. The van der Waals surface area contributed by atoms with Gasteiger partial charge in [0.25, 0.3) is 0 Å². The molecule has 0 atom stereocenters. The number of anilines is 1. The second-order valence-corrected chi connectivity index (χ2v) is 6.15. The van der Waals surface area contributed by atoms with Gasteiger partial charge in [0.05, 0.1) is 17.4 Å². The van der Waals surface area contributed by atoms with Gasteiger partial charge in [-0.3, -0.25) is 4.79 Å². The molecule has 1 amide bonds. The van der Waals surface area contributed by atoms with Gasteiger partial charge in [-0.15, -0.1) is 11.8 Å². The zero-order valence-corrected chi connectivity index (χ0v) is 13.5. The summed E-state index contributed by atoms with van der Waals surface area (Å²) in [6.07, 6.45) is 0. The Bertz CT molecular complexity index is 702. The molecule has 22 heavy (non-hydrogen) atoms. The summed E-state index contributed by atoms with van der Waals surface area (Å²) in [4.78, 5) is 11.9. The summed E-state index contributed by atoms with van der Waals surface area (Å²) in [6.45, 7) is 4.16. The summed E-state index contributed by atoms with van der Waals surface area (Å²) in [7, 11) is 0. The summed E-state index contributed by atoms with van der Waals surface area (Å²) in [5.41, 5.74) is 5.07. The zero-order valence-electron chi connectivity index (χ0n) is 12.7. The first-order chi connectivity index (χ1) is 10.6. The minimum atomic E-state index is -0.0278. The zero-order chi connectivity index (χ0) is 15.9. The molecule has 0 radical (unpaired) electrons. The van der Waals surface area contributed by atoms with Crippen molar-refractivity contribution < 1.29 is 4.79 Å². The Balaban J connectivity index is 1.82. The summed E-state index contributed by atoms with van der Waals surface area (Å²) in [5.74, 6) is 1.21. The van der Waals surface area contributed by atoms with Crippen LogP contribution in [0.1, 0.15) is 22.3 Å². The number of amides is 1. The van der Waals surface area contributed by atoms with E-state index in [4.69, 9.17) is 5.26 Å². The fourth-order valence-electron chi connectivity index (χ4n) is 2.03. The predicted octanol–water partition coefficient (Wildman–Crippen LogP) is 4.05. The highest BCUT2D eigenvalue weighted by atomic mass is 32.2. The van der Waals surface area contributed by atoms with Crippen LogP contribution in [-0.4, -0.2) is 11.7 Å². The van der Waals surface area contributed by atoms with Gasteiger partial charge in [0.15, 0.2) is 0 Å². The molecule has 4 heteroatoms. The third kappa shape index (κ3) is 4.64. The fraction of sp³-hybridized carbons (Fsp3) is 0.222. The average Bonchev–Trinajstić information content (AvgIpc) is 2.51. The molecule has 2 aromatic rings. The smallest absolute Gasteiger partial charge is 0.234 e. The van der Waals surface area contributed by atoms with Crippen LogP contribution in [0.3, 0.4) is 0 Å². The lowest BCUT2D eigenvalue weighted by molar-refractivity contribution is -0.113. The van der Waals surface area contributed by atoms with Gasteiger partial charge in [-0.05, 0) is 49.2 Å². The molecular formula is C18H18N2OS. The van der Waals surface area contributed by atoms with Crippen molar-refractivity contribution in [3.63, 3.8) is 0 Å². The summed E-state index contributed by atoms with van der Waals surface area (Å²) < 4.78 is 0. The van der Waals surface area contributed by atoms with Crippen molar-refractivity contribution in [1.29, 1.82) is 5.26 Å². The van der Waals surface area contributed by atoms with Gasteiger partial charge < -0.3 is 5.32 Å². The van der Waals surface area contributed by atoms with Gasteiger partial charge in [-0.25, -0.2) is 0 Å². The molecule has 0 aliphatic heterocycles. The summed E-state index contributed by atoms with van der Waals surface area (Å²) in [6, 6.07) is 15.3. The SMILES string of the molecule is Cc1ccc(C)c(CSCC(=O)Nc2ccc(C#N)cc2)c1. The molecule has 0 heterocycles. The molecule has 112 valence electrons. The first kappa shape index (κ1) is 16.1. The van der Waals surface area contributed by atoms with Crippen molar-refractivity contribution in [3.8, 4) is 6.07 Å². The average molecular weight is 310 g/mol. The Morgan fingerprint density at radius 3 is 2.59 bits per heavy atom. The number of nitrogens with one attached hydrogen (secondary N) is 1. The van der Waals surface area contributed by atoms with E-state index in [1.54, 1.807) is 36.0 Å². The van der Waals surface area contributed by atoms with Crippen molar-refractivity contribution in [2.75, 3.05) is 11.1 Å². The van der Waals surface area contributed by atoms with Crippen LogP contribution in [0.2, 0.25) is 0 Å². The largest absolute Gasteiger partial charge is 0.325 e. The maximum absolute atomic E-state index is 11.9. The van der Waals surface area contributed by atoms with Crippen molar-refractivity contribution in [1.82, 2.24) is 0 Å². The highest BCUT2D eigenvalue weighted by molar-refractivity contribution is 7.99. The molecule has 0 fully saturated rings. The highest BCUT2D eigenvalue weighted by Crippen LogP contribution is 2.18. The molecule has 0 unspecified atom stereocenters. The maximum atomic E-state index is 11.9. The molecule has 0 saturated carbocycles. The van der Waals surface area contributed by atoms with Gasteiger partial charge in [0.2, 0.25) is 5.91 Å². The van der Waals surface area contributed by atoms with Crippen molar-refractivity contribution >= 4 is 23.4 Å². The lowest BCUT2D eigenvalue weighted by atomic mass is 10.1. The quantitative estimate of drug-likeness (QED) is 0.906. The van der Waals surface area contributed by atoms with Crippen molar-refractivity contribution in [3.05, 3.63) is 64.7 Å². The topological polar surface area (TPSA) is 52.9 Å². The number of carbonyl (C=O) groups excluding carboxylic acids is 1. The van der Waals surface area contributed by atoms with E-state index in [0.717, 1.165) is 11.4 Å². The van der Waals surface area contributed by atoms with Crippen LogP contribution < -0.4 is 5.32 Å². The number of carbonyl (C=O) groups is 1. The van der Waals surface area contributed by atoms with Gasteiger partial charge in [0, 0.05) is 11.4 Å². The number of rotatable bonds is 5. The van der Waals surface area contributed by atoms with Crippen LogP contribution in [0, 0.1) is 25.2 Å². The molecule has 0 aromatic heterocycles. The minimum Gasteiger partial charge on any atom is -0.325 e.